The number of nitrogens with zero attached hydrogens (tertiary/aromatic N) is 2. The number of methoxy groups -OCH3 is 2. The van der Waals surface area contributed by atoms with E-state index in [1.54, 1.807) is 20.4 Å². The first kappa shape index (κ1) is 19.5. The molecule has 0 saturated carbocycles. The van der Waals surface area contributed by atoms with Gasteiger partial charge in [-0.2, -0.15) is 5.10 Å². The van der Waals surface area contributed by atoms with Crippen LogP contribution in [-0.2, 0) is 11.2 Å². The summed E-state index contributed by atoms with van der Waals surface area (Å²) in [5.41, 5.74) is 2.99. The lowest BCUT2D eigenvalue weighted by Crippen LogP contribution is -2.26. The van der Waals surface area contributed by atoms with Crippen molar-refractivity contribution in [1.82, 2.24) is 15.1 Å². The zero-order chi connectivity index (χ0) is 19.9. The fraction of sp³-hybridized carbons (Fsp3) is 0.273. The first-order valence-electron chi connectivity index (χ1n) is 9.21. The molecule has 0 aliphatic rings. The van der Waals surface area contributed by atoms with Crippen molar-refractivity contribution in [2.24, 2.45) is 0 Å². The van der Waals surface area contributed by atoms with Gasteiger partial charge >= 0.3 is 0 Å². The second-order valence-corrected chi connectivity index (χ2v) is 6.53. The predicted octanol–water partition coefficient (Wildman–Crippen LogP) is 3.70. The van der Waals surface area contributed by atoms with Gasteiger partial charge in [-0.1, -0.05) is 24.3 Å². The van der Waals surface area contributed by atoms with Gasteiger partial charge in [-0.3, -0.25) is 4.79 Å². The van der Waals surface area contributed by atoms with E-state index in [4.69, 9.17) is 9.47 Å². The highest BCUT2D eigenvalue weighted by Crippen LogP contribution is 2.29. The maximum absolute atomic E-state index is 12.4. The number of aromatic nitrogens is 2. The van der Waals surface area contributed by atoms with Crippen LogP contribution in [0, 0.1) is 0 Å². The fourth-order valence-electron chi connectivity index (χ4n) is 2.99. The summed E-state index contributed by atoms with van der Waals surface area (Å²) in [7, 11) is 3.20. The molecule has 1 N–H and O–H groups in total. The van der Waals surface area contributed by atoms with Gasteiger partial charge in [0.05, 0.1) is 32.1 Å². The molecule has 1 unspecified atom stereocenters. The van der Waals surface area contributed by atoms with Crippen molar-refractivity contribution in [3.05, 3.63) is 72.1 Å². The Morgan fingerprint density at radius 2 is 1.86 bits per heavy atom. The molecule has 2 aromatic carbocycles. The van der Waals surface area contributed by atoms with Gasteiger partial charge in [0.2, 0.25) is 5.91 Å². The summed E-state index contributed by atoms with van der Waals surface area (Å²) >= 11 is 0. The number of nitrogens with one attached hydrogen (secondary N) is 1. The first-order chi connectivity index (χ1) is 13.6. The summed E-state index contributed by atoms with van der Waals surface area (Å²) in [4.78, 5) is 12.4. The van der Waals surface area contributed by atoms with Crippen LogP contribution >= 0.6 is 0 Å². The average Bonchev–Trinajstić information content (AvgIpc) is 3.21. The Hall–Kier alpha value is -3.28. The molecule has 6 heteroatoms. The molecule has 6 nitrogen and oxygen atoms in total. The average molecular weight is 379 g/mol. The van der Waals surface area contributed by atoms with Crippen molar-refractivity contribution in [3.8, 4) is 17.2 Å². The molecular weight excluding hydrogens is 354 g/mol. The summed E-state index contributed by atoms with van der Waals surface area (Å²) in [6.07, 6.45) is 4.80. The largest absolute Gasteiger partial charge is 0.493 e. The van der Waals surface area contributed by atoms with Crippen molar-refractivity contribution in [1.29, 1.82) is 0 Å². The van der Waals surface area contributed by atoms with Crippen molar-refractivity contribution >= 4 is 5.91 Å². The second-order valence-electron chi connectivity index (χ2n) is 6.53. The second kappa shape index (κ2) is 9.08. The van der Waals surface area contributed by atoms with Crippen LogP contribution in [-0.4, -0.2) is 29.9 Å². The number of aryl methyl sites for hydroxylation is 1. The number of rotatable bonds is 8. The topological polar surface area (TPSA) is 65.4 Å². The summed E-state index contributed by atoms with van der Waals surface area (Å²) in [5.74, 6) is 1.31. The van der Waals surface area contributed by atoms with E-state index in [1.807, 2.05) is 66.3 Å². The maximum atomic E-state index is 12.4. The van der Waals surface area contributed by atoms with Crippen molar-refractivity contribution in [3.63, 3.8) is 0 Å². The van der Waals surface area contributed by atoms with E-state index in [0.29, 0.717) is 24.3 Å². The Kier molecular flexibility index (Phi) is 6.32. The molecule has 0 bridgehead atoms. The highest BCUT2D eigenvalue weighted by atomic mass is 16.5. The van der Waals surface area contributed by atoms with Crippen LogP contribution < -0.4 is 14.8 Å². The Labute approximate surface area is 165 Å². The molecule has 3 aromatic rings. The lowest BCUT2D eigenvalue weighted by atomic mass is 10.1. The van der Waals surface area contributed by atoms with Crippen LogP contribution in [0.3, 0.4) is 0 Å². The minimum absolute atomic E-state index is 0.00486. The maximum Gasteiger partial charge on any atom is 0.220 e. The van der Waals surface area contributed by atoms with Gasteiger partial charge in [0.1, 0.15) is 0 Å². The van der Waals surface area contributed by atoms with Crippen LogP contribution in [0.25, 0.3) is 5.69 Å². The third-order valence-corrected chi connectivity index (χ3v) is 4.58. The minimum Gasteiger partial charge on any atom is -0.493 e. The monoisotopic (exact) mass is 379 g/mol. The van der Waals surface area contributed by atoms with Crippen molar-refractivity contribution in [2.45, 2.75) is 25.8 Å². The van der Waals surface area contributed by atoms with E-state index in [1.165, 1.54) is 0 Å². The molecule has 0 saturated heterocycles. The van der Waals surface area contributed by atoms with Gasteiger partial charge in [0.15, 0.2) is 11.5 Å². The Bertz CT molecular complexity index is 922. The molecule has 0 radical (unpaired) electrons. The third-order valence-electron chi connectivity index (χ3n) is 4.58. The SMILES string of the molecule is COc1ccc(C(C)NC(=O)CCc2cnn(-c3ccccc3)c2)cc1OC. The molecule has 0 fully saturated rings. The quantitative estimate of drug-likeness (QED) is 0.648. The molecule has 1 amide bonds. The molecule has 28 heavy (non-hydrogen) atoms. The zero-order valence-electron chi connectivity index (χ0n) is 16.4. The first-order valence-corrected chi connectivity index (χ1v) is 9.21. The van der Waals surface area contributed by atoms with Gasteiger partial charge in [0.25, 0.3) is 0 Å². The highest BCUT2D eigenvalue weighted by Gasteiger charge is 2.13. The van der Waals surface area contributed by atoms with Crippen LogP contribution in [0.1, 0.15) is 30.5 Å². The van der Waals surface area contributed by atoms with E-state index in [2.05, 4.69) is 10.4 Å². The van der Waals surface area contributed by atoms with Gasteiger partial charge in [-0.05, 0) is 48.7 Å². The lowest BCUT2D eigenvalue weighted by Gasteiger charge is -2.16. The van der Waals surface area contributed by atoms with E-state index < -0.39 is 0 Å². The van der Waals surface area contributed by atoms with Crippen molar-refractivity contribution in [2.75, 3.05) is 14.2 Å². The number of hydrogen-bond acceptors (Lipinski definition) is 4. The fourth-order valence-corrected chi connectivity index (χ4v) is 2.99. The van der Waals surface area contributed by atoms with Crippen LogP contribution in [0.4, 0.5) is 0 Å². The molecule has 1 atom stereocenters. The third kappa shape index (κ3) is 4.71. The summed E-state index contributed by atoms with van der Waals surface area (Å²) in [6, 6.07) is 15.4. The molecule has 1 aromatic heterocycles. The molecular formula is C22H25N3O3. The van der Waals surface area contributed by atoms with Gasteiger partial charge in [-0.15, -0.1) is 0 Å². The summed E-state index contributed by atoms with van der Waals surface area (Å²) in [6.45, 7) is 1.95. The molecule has 0 spiro atoms. The minimum atomic E-state index is -0.126. The number of carbonyl (C=O) groups is 1. The lowest BCUT2D eigenvalue weighted by molar-refractivity contribution is -0.121. The van der Waals surface area contributed by atoms with E-state index in [0.717, 1.165) is 16.8 Å². The van der Waals surface area contributed by atoms with Crippen LogP contribution in [0.2, 0.25) is 0 Å². The van der Waals surface area contributed by atoms with Crippen molar-refractivity contribution < 1.29 is 14.3 Å². The highest BCUT2D eigenvalue weighted by molar-refractivity contribution is 5.76. The molecule has 0 aliphatic carbocycles. The molecule has 0 aliphatic heterocycles. The van der Waals surface area contributed by atoms with E-state index in [9.17, 15) is 4.79 Å². The van der Waals surface area contributed by atoms with Gasteiger partial charge < -0.3 is 14.8 Å². The number of benzene rings is 2. The Balaban J connectivity index is 1.55. The van der Waals surface area contributed by atoms with E-state index in [-0.39, 0.29) is 11.9 Å². The van der Waals surface area contributed by atoms with Gasteiger partial charge in [-0.25, -0.2) is 4.68 Å². The molecule has 146 valence electrons. The van der Waals surface area contributed by atoms with E-state index >= 15 is 0 Å². The Morgan fingerprint density at radius 1 is 1.11 bits per heavy atom. The Morgan fingerprint density at radius 3 is 2.57 bits per heavy atom. The van der Waals surface area contributed by atoms with Crippen LogP contribution in [0.5, 0.6) is 11.5 Å². The smallest absolute Gasteiger partial charge is 0.220 e. The summed E-state index contributed by atoms with van der Waals surface area (Å²) < 4.78 is 12.4. The number of carbonyl (C=O) groups excluding carboxylic acids is 1. The number of para-hydroxylation sites is 1. The molecule has 1 heterocycles. The van der Waals surface area contributed by atoms with Crippen LogP contribution in [0.15, 0.2) is 60.9 Å². The molecule has 3 rings (SSSR count). The number of hydrogen-bond donors (Lipinski definition) is 1. The summed E-state index contributed by atoms with van der Waals surface area (Å²) in [5, 5.41) is 7.40. The predicted molar refractivity (Wildman–Crippen MR) is 108 cm³/mol. The van der Waals surface area contributed by atoms with Gasteiger partial charge in [0, 0.05) is 12.6 Å². The zero-order valence-corrected chi connectivity index (χ0v) is 16.4. The number of amides is 1. The standard InChI is InChI=1S/C22H25N3O3/c1-16(18-10-11-20(27-2)21(13-18)28-3)24-22(26)12-9-17-14-23-25(15-17)19-7-5-4-6-8-19/h4-8,10-11,13-16H,9,12H2,1-3H3,(H,24,26). The number of ether oxygens (including phenoxy) is 2. The normalized spacial score (nSPS) is 11.7.